The molecular weight excluding hydrogens is 298 g/mol. The van der Waals surface area contributed by atoms with Crippen molar-refractivity contribution in [3.05, 3.63) is 35.9 Å². The van der Waals surface area contributed by atoms with Gasteiger partial charge in [-0.25, -0.2) is 0 Å². The summed E-state index contributed by atoms with van der Waals surface area (Å²) in [4.78, 5) is 23.4. The summed E-state index contributed by atoms with van der Waals surface area (Å²) in [6, 6.07) is 8.83. The Morgan fingerprint density at radius 2 is 1.77 bits per heavy atom. The van der Waals surface area contributed by atoms with Crippen LogP contribution in [0.1, 0.15) is 32.8 Å². The van der Waals surface area contributed by atoms with Gasteiger partial charge in [-0.05, 0) is 31.2 Å². The van der Waals surface area contributed by atoms with E-state index >= 15 is 0 Å². The molecule has 0 saturated carbocycles. The van der Waals surface area contributed by atoms with Crippen molar-refractivity contribution < 1.29 is 14.7 Å². The van der Waals surface area contributed by atoms with Gasteiger partial charge in [0.1, 0.15) is 6.04 Å². The van der Waals surface area contributed by atoms with Crippen LogP contribution in [0.2, 0.25) is 0 Å². The van der Waals surface area contributed by atoms with Crippen molar-refractivity contribution in [1.29, 1.82) is 0 Å². The molecule has 0 radical (unpaired) electrons. The monoisotopic (exact) mass is 323 g/mol. The van der Waals surface area contributed by atoms with E-state index in [9.17, 15) is 9.59 Å². The number of thiol groups is 1. The average Bonchev–Trinajstić information content (AvgIpc) is 2.44. The van der Waals surface area contributed by atoms with Crippen molar-refractivity contribution in [1.82, 2.24) is 5.32 Å². The summed E-state index contributed by atoms with van der Waals surface area (Å²) in [5.74, 6) is -1.22. The number of amides is 1. The van der Waals surface area contributed by atoms with Crippen LogP contribution < -0.4 is 5.32 Å². The summed E-state index contributed by atoms with van der Waals surface area (Å²) in [6.45, 7) is 5.64. The van der Waals surface area contributed by atoms with E-state index in [0.717, 1.165) is 12.0 Å². The lowest BCUT2D eigenvalue weighted by Crippen LogP contribution is -2.44. The van der Waals surface area contributed by atoms with Gasteiger partial charge in [0.25, 0.3) is 0 Å². The van der Waals surface area contributed by atoms with E-state index < -0.39 is 12.0 Å². The van der Waals surface area contributed by atoms with E-state index in [0.29, 0.717) is 12.3 Å². The lowest BCUT2D eigenvalue weighted by atomic mass is 9.90. The molecule has 0 aliphatic carbocycles. The van der Waals surface area contributed by atoms with E-state index in [1.54, 1.807) is 0 Å². The fourth-order valence-electron chi connectivity index (χ4n) is 2.30. The number of carboxylic acid groups (broad SMARTS) is 1. The molecule has 1 amide bonds. The summed E-state index contributed by atoms with van der Waals surface area (Å²) < 4.78 is 0. The molecule has 5 heteroatoms. The number of carbonyl (C=O) groups is 2. The first-order valence-electron chi connectivity index (χ1n) is 7.56. The van der Waals surface area contributed by atoms with E-state index in [1.165, 1.54) is 6.92 Å². The lowest BCUT2D eigenvalue weighted by molar-refractivity contribution is -0.141. The van der Waals surface area contributed by atoms with Crippen molar-refractivity contribution in [2.75, 3.05) is 0 Å². The Morgan fingerprint density at radius 3 is 2.27 bits per heavy atom. The van der Waals surface area contributed by atoms with Crippen LogP contribution in [0, 0.1) is 11.8 Å². The lowest BCUT2D eigenvalue weighted by Gasteiger charge is -2.25. The number of hydrogen-bond donors (Lipinski definition) is 3. The van der Waals surface area contributed by atoms with Crippen molar-refractivity contribution in [3.63, 3.8) is 0 Å². The third kappa shape index (κ3) is 6.10. The van der Waals surface area contributed by atoms with Gasteiger partial charge in [0.15, 0.2) is 0 Å². The normalized spacial score (nSPS) is 15.1. The Kier molecular flexibility index (Phi) is 7.45. The molecule has 0 aliphatic heterocycles. The maximum atomic E-state index is 12.5. The summed E-state index contributed by atoms with van der Waals surface area (Å²) in [6.07, 6.45) is 1.36. The molecule has 0 unspecified atom stereocenters. The number of benzene rings is 1. The van der Waals surface area contributed by atoms with Crippen LogP contribution in [0.25, 0.3) is 0 Å². The van der Waals surface area contributed by atoms with Crippen molar-refractivity contribution >= 4 is 24.5 Å². The summed E-state index contributed by atoms with van der Waals surface area (Å²) in [5, 5.41) is 11.4. The van der Waals surface area contributed by atoms with E-state index in [-0.39, 0.29) is 17.1 Å². The first-order chi connectivity index (χ1) is 10.3. The molecule has 22 heavy (non-hydrogen) atoms. The minimum Gasteiger partial charge on any atom is -0.480 e. The Balaban J connectivity index is 2.85. The minimum atomic E-state index is -1.04. The van der Waals surface area contributed by atoms with Gasteiger partial charge < -0.3 is 10.4 Å². The molecule has 0 aromatic heterocycles. The molecule has 0 bridgehead atoms. The van der Waals surface area contributed by atoms with Crippen LogP contribution in [-0.2, 0) is 16.0 Å². The molecular formula is C17H25NO3S. The molecule has 1 aromatic rings. The van der Waals surface area contributed by atoms with Crippen LogP contribution in [0.5, 0.6) is 0 Å². The van der Waals surface area contributed by atoms with Crippen LogP contribution >= 0.6 is 12.6 Å². The van der Waals surface area contributed by atoms with Gasteiger partial charge in [-0.1, -0.05) is 44.2 Å². The van der Waals surface area contributed by atoms with E-state index in [2.05, 4.69) is 31.8 Å². The second-order valence-corrected chi connectivity index (χ2v) is 6.72. The molecule has 1 rings (SSSR count). The predicted molar refractivity (Wildman–Crippen MR) is 91.1 cm³/mol. The molecule has 0 heterocycles. The second-order valence-electron chi connectivity index (χ2n) is 6.06. The van der Waals surface area contributed by atoms with Gasteiger partial charge in [-0.2, -0.15) is 12.6 Å². The van der Waals surface area contributed by atoms with E-state index in [1.807, 2.05) is 30.3 Å². The average molecular weight is 323 g/mol. The standard InChI is InChI=1S/C17H25NO3S/c1-11(2)9-15(22)14(10-13-7-5-4-6-8-13)16(19)18-12(3)17(20)21/h4-8,11-12,14-15,22H,9-10H2,1-3H3,(H,18,19)(H,20,21)/t12-,14+,15+/m0/s1. The number of nitrogens with one attached hydrogen (secondary N) is 1. The molecule has 2 N–H and O–H groups in total. The Hall–Kier alpha value is -1.49. The van der Waals surface area contributed by atoms with Crippen molar-refractivity contribution in [2.45, 2.75) is 44.9 Å². The molecule has 0 spiro atoms. The van der Waals surface area contributed by atoms with Crippen LogP contribution in [0.3, 0.4) is 0 Å². The molecule has 0 saturated heterocycles. The highest BCUT2D eigenvalue weighted by Crippen LogP contribution is 2.23. The first kappa shape index (κ1) is 18.6. The summed E-state index contributed by atoms with van der Waals surface area (Å²) in [7, 11) is 0. The largest absolute Gasteiger partial charge is 0.480 e. The van der Waals surface area contributed by atoms with Crippen LogP contribution in [0.4, 0.5) is 0 Å². The molecule has 3 atom stereocenters. The quantitative estimate of drug-likeness (QED) is 0.645. The minimum absolute atomic E-state index is 0.110. The second kappa shape index (κ2) is 8.83. The fourth-order valence-corrected chi connectivity index (χ4v) is 2.96. The number of rotatable bonds is 8. The van der Waals surface area contributed by atoms with Gasteiger partial charge >= 0.3 is 5.97 Å². The summed E-state index contributed by atoms with van der Waals surface area (Å²) in [5.41, 5.74) is 1.05. The van der Waals surface area contributed by atoms with Gasteiger partial charge in [-0.3, -0.25) is 9.59 Å². The van der Waals surface area contributed by atoms with Crippen molar-refractivity contribution in [3.8, 4) is 0 Å². The van der Waals surface area contributed by atoms with Crippen molar-refractivity contribution in [2.24, 2.45) is 11.8 Å². The number of hydrogen-bond acceptors (Lipinski definition) is 3. The Bertz CT molecular complexity index is 490. The highest BCUT2D eigenvalue weighted by Gasteiger charge is 2.28. The van der Waals surface area contributed by atoms with Gasteiger partial charge in [0, 0.05) is 5.25 Å². The van der Waals surface area contributed by atoms with Gasteiger partial charge in [0.05, 0.1) is 5.92 Å². The number of carboxylic acids is 1. The summed E-state index contributed by atoms with van der Waals surface area (Å²) >= 11 is 4.60. The molecule has 122 valence electrons. The van der Waals surface area contributed by atoms with Crippen LogP contribution in [0.15, 0.2) is 30.3 Å². The molecule has 1 aromatic carbocycles. The zero-order valence-electron chi connectivity index (χ0n) is 13.3. The first-order valence-corrected chi connectivity index (χ1v) is 8.08. The maximum absolute atomic E-state index is 12.5. The maximum Gasteiger partial charge on any atom is 0.325 e. The number of aliphatic carboxylic acids is 1. The molecule has 0 fully saturated rings. The van der Waals surface area contributed by atoms with Crippen LogP contribution in [-0.4, -0.2) is 28.3 Å². The third-order valence-electron chi connectivity index (χ3n) is 3.54. The third-order valence-corrected chi connectivity index (χ3v) is 4.11. The highest BCUT2D eigenvalue weighted by atomic mass is 32.1. The zero-order valence-corrected chi connectivity index (χ0v) is 14.2. The molecule has 0 aliphatic rings. The van der Waals surface area contributed by atoms with E-state index in [4.69, 9.17) is 5.11 Å². The Labute approximate surface area is 137 Å². The van der Waals surface area contributed by atoms with Gasteiger partial charge in [-0.15, -0.1) is 0 Å². The highest BCUT2D eigenvalue weighted by molar-refractivity contribution is 7.81. The Morgan fingerprint density at radius 1 is 1.18 bits per heavy atom. The SMILES string of the molecule is CC(C)C[C@@H](S)[C@@H](Cc1ccccc1)C(=O)N[C@@H](C)C(=O)O. The van der Waals surface area contributed by atoms with Gasteiger partial charge in [0.2, 0.25) is 5.91 Å². The predicted octanol–water partition coefficient (Wildman–Crippen LogP) is 2.78. The fraction of sp³-hybridized carbons (Fsp3) is 0.529. The smallest absolute Gasteiger partial charge is 0.325 e. The number of carbonyl (C=O) groups excluding carboxylic acids is 1. The zero-order chi connectivity index (χ0) is 16.7. The topological polar surface area (TPSA) is 66.4 Å². The molecule has 4 nitrogen and oxygen atoms in total.